The van der Waals surface area contributed by atoms with Gasteiger partial charge in [-0.15, -0.1) is 0 Å². The van der Waals surface area contributed by atoms with Crippen LogP contribution in [0.25, 0.3) is 10.9 Å². The summed E-state index contributed by atoms with van der Waals surface area (Å²) in [5.74, 6) is 0.0760. The number of nitro benzene ring substituents is 1. The van der Waals surface area contributed by atoms with Gasteiger partial charge in [0.15, 0.2) is 5.75 Å². The second-order valence-corrected chi connectivity index (χ2v) is 6.99. The quantitative estimate of drug-likeness (QED) is 0.402. The number of nitrogens with zero attached hydrogens (tertiary/aromatic N) is 2. The Bertz CT molecular complexity index is 1090. The third kappa shape index (κ3) is 3.16. The van der Waals surface area contributed by atoms with Crippen molar-refractivity contribution in [2.45, 2.75) is 18.7 Å². The summed E-state index contributed by atoms with van der Waals surface area (Å²) in [6.45, 7) is 3.16. The second-order valence-electron chi connectivity index (χ2n) is 5.48. The van der Waals surface area contributed by atoms with Crippen LogP contribution in [0.2, 0.25) is 0 Å². The average molecular weight is 358 g/mol. The summed E-state index contributed by atoms with van der Waals surface area (Å²) in [7, 11) is -4.25. The van der Waals surface area contributed by atoms with Crippen LogP contribution in [-0.2, 0) is 10.1 Å². The third-order valence-corrected chi connectivity index (χ3v) is 5.12. The fraction of sp³-hybridized carbons (Fsp3) is 0.118. The Morgan fingerprint density at radius 2 is 1.76 bits per heavy atom. The molecule has 1 aromatic heterocycles. The van der Waals surface area contributed by atoms with Crippen LogP contribution in [0.15, 0.2) is 53.4 Å². The molecule has 8 heteroatoms. The highest BCUT2D eigenvalue weighted by Crippen LogP contribution is 2.30. The van der Waals surface area contributed by atoms with Crippen LogP contribution in [0.3, 0.4) is 0 Å². The van der Waals surface area contributed by atoms with Gasteiger partial charge in [-0.05, 0) is 32.0 Å². The Morgan fingerprint density at radius 3 is 2.48 bits per heavy atom. The number of rotatable bonds is 4. The molecule has 25 heavy (non-hydrogen) atoms. The summed E-state index contributed by atoms with van der Waals surface area (Å²) in [5.41, 5.74) is 0.870. The van der Waals surface area contributed by atoms with Crippen molar-refractivity contribution in [1.82, 2.24) is 4.98 Å². The summed E-state index contributed by atoms with van der Waals surface area (Å²) < 4.78 is 30.6. The maximum absolute atomic E-state index is 12.7. The predicted octanol–water partition coefficient (Wildman–Crippen LogP) is 3.53. The zero-order chi connectivity index (χ0) is 18.2. The Labute approximate surface area is 144 Å². The van der Waals surface area contributed by atoms with E-state index in [1.165, 1.54) is 31.2 Å². The molecule has 0 saturated heterocycles. The molecular weight excluding hydrogens is 344 g/mol. The van der Waals surface area contributed by atoms with E-state index in [-0.39, 0.29) is 21.9 Å². The summed E-state index contributed by atoms with van der Waals surface area (Å²) in [6, 6.07) is 12.4. The van der Waals surface area contributed by atoms with Crippen molar-refractivity contribution in [1.29, 1.82) is 0 Å². The topological polar surface area (TPSA) is 99.4 Å². The maximum Gasteiger partial charge on any atom is 0.339 e. The summed E-state index contributed by atoms with van der Waals surface area (Å²) >= 11 is 0. The zero-order valence-corrected chi connectivity index (χ0v) is 14.3. The van der Waals surface area contributed by atoms with E-state index in [9.17, 15) is 18.5 Å². The van der Waals surface area contributed by atoms with Gasteiger partial charge in [0.1, 0.15) is 10.4 Å². The number of aromatic nitrogens is 1. The van der Waals surface area contributed by atoms with E-state index in [4.69, 9.17) is 4.18 Å². The Morgan fingerprint density at radius 1 is 1.04 bits per heavy atom. The van der Waals surface area contributed by atoms with Crippen molar-refractivity contribution < 1.29 is 17.5 Å². The minimum atomic E-state index is -4.25. The molecule has 2 aromatic carbocycles. The van der Waals surface area contributed by atoms with Crippen LogP contribution in [-0.4, -0.2) is 18.3 Å². The van der Waals surface area contributed by atoms with E-state index in [2.05, 4.69) is 4.98 Å². The molecule has 0 spiro atoms. The van der Waals surface area contributed by atoms with Gasteiger partial charge in [-0.25, -0.2) is 4.98 Å². The Hall–Kier alpha value is -3.00. The highest BCUT2D eigenvalue weighted by atomic mass is 32.2. The van der Waals surface area contributed by atoms with Gasteiger partial charge in [0.25, 0.3) is 5.69 Å². The van der Waals surface area contributed by atoms with Gasteiger partial charge < -0.3 is 4.18 Å². The van der Waals surface area contributed by atoms with E-state index in [1.807, 2.05) is 12.1 Å². The summed E-state index contributed by atoms with van der Waals surface area (Å²) in [4.78, 5) is 14.5. The Balaban J connectivity index is 2.11. The first-order chi connectivity index (χ1) is 11.8. The highest BCUT2D eigenvalue weighted by Gasteiger charge is 2.25. The van der Waals surface area contributed by atoms with Gasteiger partial charge >= 0.3 is 10.1 Å². The lowest BCUT2D eigenvalue weighted by Crippen LogP contribution is -2.12. The minimum Gasteiger partial charge on any atom is -0.377 e. The first-order valence-corrected chi connectivity index (χ1v) is 8.75. The van der Waals surface area contributed by atoms with E-state index in [0.29, 0.717) is 11.2 Å². The van der Waals surface area contributed by atoms with Crippen LogP contribution in [0.5, 0.6) is 5.75 Å². The fourth-order valence-corrected chi connectivity index (χ4v) is 3.70. The van der Waals surface area contributed by atoms with Crippen LogP contribution < -0.4 is 4.18 Å². The maximum atomic E-state index is 12.7. The van der Waals surface area contributed by atoms with Crippen molar-refractivity contribution in [3.8, 4) is 5.75 Å². The van der Waals surface area contributed by atoms with E-state index in [0.717, 1.165) is 5.39 Å². The molecule has 0 atom stereocenters. The van der Waals surface area contributed by atoms with Crippen molar-refractivity contribution in [2.75, 3.05) is 0 Å². The van der Waals surface area contributed by atoms with Crippen molar-refractivity contribution in [3.05, 3.63) is 69.9 Å². The van der Waals surface area contributed by atoms with Crippen molar-refractivity contribution in [2.24, 2.45) is 0 Å². The van der Waals surface area contributed by atoms with Crippen LogP contribution in [0.4, 0.5) is 5.69 Å². The number of aryl methyl sites for hydroxylation is 1. The average Bonchev–Trinajstić information content (AvgIpc) is 2.55. The molecule has 0 saturated carbocycles. The molecule has 0 radical (unpaired) electrons. The molecule has 7 nitrogen and oxygen atoms in total. The largest absolute Gasteiger partial charge is 0.377 e. The lowest BCUT2D eigenvalue weighted by atomic mass is 10.2. The van der Waals surface area contributed by atoms with E-state index < -0.39 is 15.0 Å². The molecule has 1 heterocycles. The first kappa shape index (κ1) is 16.8. The fourth-order valence-electron chi connectivity index (χ4n) is 2.52. The van der Waals surface area contributed by atoms with Crippen molar-refractivity contribution in [3.63, 3.8) is 0 Å². The SMILES string of the molecule is Cc1ccc2cccc(OS(=O)(=O)c3cccc([N+](=O)[O-])c3C)c2n1. The molecule has 0 amide bonds. The lowest BCUT2D eigenvalue weighted by molar-refractivity contribution is -0.385. The number of nitro groups is 1. The van der Waals surface area contributed by atoms with E-state index in [1.54, 1.807) is 19.1 Å². The molecular formula is C17H14N2O5S. The number of hydrogen-bond acceptors (Lipinski definition) is 6. The standard InChI is InChI=1S/C17H14N2O5S/c1-11-9-10-13-5-3-7-15(17(13)18-11)24-25(22,23)16-8-4-6-14(12(16)2)19(20)21/h3-10H,1-2H3. The molecule has 0 bridgehead atoms. The second kappa shape index (κ2) is 6.14. The van der Waals surface area contributed by atoms with Gasteiger partial charge in [-0.1, -0.05) is 24.3 Å². The zero-order valence-electron chi connectivity index (χ0n) is 13.5. The molecule has 128 valence electrons. The number of para-hydroxylation sites is 1. The molecule has 0 unspecified atom stereocenters. The van der Waals surface area contributed by atoms with Gasteiger partial charge in [-0.2, -0.15) is 8.42 Å². The molecule has 0 aliphatic heterocycles. The number of hydrogen-bond donors (Lipinski definition) is 0. The van der Waals surface area contributed by atoms with E-state index >= 15 is 0 Å². The number of benzene rings is 2. The third-order valence-electron chi connectivity index (χ3n) is 3.74. The molecule has 3 aromatic rings. The first-order valence-electron chi connectivity index (χ1n) is 7.34. The van der Waals surface area contributed by atoms with Crippen molar-refractivity contribution >= 4 is 26.7 Å². The number of fused-ring (bicyclic) bond motifs is 1. The number of pyridine rings is 1. The molecule has 3 rings (SSSR count). The van der Waals surface area contributed by atoms with Gasteiger partial charge in [-0.3, -0.25) is 10.1 Å². The molecule has 0 N–H and O–H groups in total. The van der Waals surface area contributed by atoms with Crippen LogP contribution in [0.1, 0.15) is 11.3 Å². The summed E-state index contributed by atoms with van der Waals surface area (Å²) in [5, 5.41) is 11.8. The molecule has 0 aliphatic rings. The van der Waals surface area contributed by atoms with Crippen LogP contribution in [0, 0.1) is 24.0 Å². The minimum absolute atomic E-state index is 0.0249. The van der Waals surface area contributed by atoms with Crippen LogP contribution >= 0.6 is 0 Å². The smallest absolute Gasteiger partial charge is 0.339 e. The van der Waals surface area contributed by atoms with Gasteiger partial charge in [0.2, 0.25) is 0 Å². The molecule has 0 aliphatic carbocycles. The monoisotopic (exact) mass is 358 g/mol. The Kier molecular flexibility index (Phi) is 4.13. The highest BCUT2D eigenvalue weighted by molar-refractivity contribution is 7.87. The van der Waals surface area contributed by atoms with Gasteiger partial charge in [0.05, 0.1) is 4.92 Å². The van der Waals surface area contributed by atoms with Gasteiger partial charge in [0, 0.05) is 22.7 Å². The summed E-state index contributed by atoms with van der Waals surface area (Å²) in [6.07, 6.45) is 0. The molecule has 0 fully saturated rings. The normalized spacial score (nSPS) is 11.4. The predicted molar refractivity (Wildman–Crippen MR) is 92.1 cm³/mol. The lowest BCUT2D eigenvalue weighted by Gasteiger charge is -2.11.